The molecule has 0 spiro atoms. The third kappa shape index (κ3) is 4.82. The average molecular weight is 653 g/mol. The summed E-state index contributed by atoms with van der Waals surface area (Å²) >= 11 is 0. The monoisotopic (exact) mass is 652 g/mol. The number of furan rings is 1. The molecule has 10 rings (SSSR count). The van der Waals surface area contributed by atoms with Crippen LogP contribution in [0.15, 0.2) is 199 Å². The predicted octanol–water partition coefficient (Wildman–Crippen LogP) is 13.5. The summed E-state index contributed by atoms with van der Waals surface area (Å²) in [5.74, 6) is 0. The molecule has 0 fully saturated rings. The number of nitrogens with zero attached hydrogens (tertiary/aromatic N) is 2. The number of hydrogen-bond acceptors (Lipinski definition) is 2. The van der Waals surface area contributed by atoms with Gasteiger partial charge >= 0.3 is 0 Å². The summed E-state index contributed by atoms with van der Waals surface area (Å²) in [6.07, 6.45) is 0. The van der Waals surface area contributed by atoms with Crippen molar-refractivity contribution in [1.82, 2.24) is 4.57 Å². The lowest BCUT2D eigenvalue weighted by molar-refractivity contribution is 0.670. The summed E-state index contributed by atoms with van der Waals surface area (Å²) in [6, 6.07) is 69.2. The zero-order valence-corrected chi connectivity index (χ0v) is 27.8. The Bertz CT molecular complexity index is 2860. The van der Waals surface area contributed by atoms with Crippen LogP contribution in [0.25, 0.3) is 71.7 Å². The molecule has 0 aliphatic heterocycles. The Labute approximate surface area is 295 Å². The molecule has 0 N–H and O–H groups in total. The summed E-state index contributed by atoms with van der Waals surface area (Å²) in [4.78, 5) is 2.40. The predicted molar refractivity (Wildman–Crippen MR) is 214 cm³/mol. The maximum absolute atomic E-state index is 6.50. The van der Waals surface area contributed by atoms with Crippen LogP contribution >= 0.6 is 0 Å². The Morgan fingerprint density at radius 2 is 1.02 bits per heavy atom. The lowest BCUT2D eigenvalue weighted by Crippen LogP contribution is -2.11. The maximum Gasteiger partial charge on any atom is 0.143 e. The number of fused-ring (bicyclic) bond motifs is 6. The van der Waals surface area contributed by atoms with Crippen molar-refractivity contribution in [3.05, 3.63) is 194 Å². The lowest BCUT2D eigenvalue weighted by Gasteiger charge is -2.28. The van der Waals surface area contributed by atoms with Crippen molar-refractivity contribution in [2.24, 2.45) is 0 Å². The highest BCUT2D eigenvalue weighted by atomic mass is 16.3. The fourth-order valence-corrected chi connectivity index (χ4v) is 7.70. The van der Waals surface area contributed by atoms with E-state index < -0.39 is 0 Å². The summed E-state index contributed by atoms with van der Waals surface area (Å²) in [5, 5.41) is 4.71. The summed E-state index contributed by atoms with van der Waals surface area (Å²) < 4.78 is 8.88. The summed E-state index contributed by atoms with van der Waals surface area (Å²) in [7, 11) is 0. The smallest absolute Gasteiger partial charge is 0.143 e. The standard InChI is InChI=1S/C48H32N2O/c1-3-15-33(16-4-1)38-21-7-10-26-44(38)49(36-20-13-17-34(31-36)39-24-14-25-43-42-23-9-12-28-47(42)51-48(39)43)37-29-30-41-40-22-8-11-27-45(40)50(46(41)32-37)35-18-5-2-6-19-35/h1-32H. The number of anilines is 3. The second kappa shape index (κ2) is 11.9. The summed E-state index contributed by atoms with van der Waals surface area (Å²) in [5.41, 5.74) is 13.0. The molecule has 0 aliphatic rings. The molecule has 8 aromatic carbocycles. The highest BCUT2D eigenvalue weighted by Gasteiger charge is 2.21. The van der Waals surface area contributed by atoms with E-state index in [-0.39, 0.29) is 0 Å². The van der Waals surface area contributed by atoms with E-state index in [1.165, 1.54) is 21.9 Å². The minimum absolute atomic E-state index is 0.900. The van der Waals surface area contributed by atoms with Crippen LogP contribution in [0.5, 0.6) is 0 Å². The first-order valence-corrected chi connectivity index (χ1v) is 17.4. The molecule has 3 heteroatoms. The highest BCUT2D eigenvalue weighted by Crippen LogP contribution is 2.45. The van der Waals surface area contributed by atoms with Crippen molar-refractivity contribution in [3.8, 4) is 27.9 Å². The fraction of sp³-hybridized carbons (Fsp3) is 0. The van der Waals surface area contributed by atoms with Gasteiger partial charge in [-0.3, -0.25) is 0 Å². The minimum atomic E-state index is 0.900. The van der Waals surface area contributed by atoms with Crippen LogP contribution in [0.3, 0.4) is 0 Å². The first kappa shape index (κ1) is 29.1. The largest absolute Gasteiger partial charge is 0.455 e. The molecule has 240 valence electrons. The molecule has 51 heavy (non-hydrogen) atoms. The number of hydrogen-bond donors (Lipinski definition) is 0. The number of aromatic nitrogens is 1. The van der Waals surface area contributed by atoms with Gasteiger partial charge in [-0.25, -0.2) is 0 Å². The minimum Gasteiger partial charge on any atom is -0.455 e. The van der Waals surface area contributed by atoms with Gasteiger partial charge in [0.05, 0.1) is 16.7 Å². The topological polar surface area (TPSA) is 21.3 Å². The quantitative estimate of drug-likeness (QED) is 0.178. The molecule has 0 amide bonds. The first-order valence-electron chi connectivity index (χ1n) is 17.4. The van der Waals surface area contributed by atoms with Gasteiger partial charge in [-0.15, -0.1) is 0 Å². The van der Waals surface area contributed by atoms with Gasteiger partial charge < -0.3 is 13.9 Å². The van der Waals surface area contributed by atoms with E-state index in [1.807, 2.05) is 12.1 Å². The summed E-state index contributed by atoms with van der Waals surface area (Å²) in [6.45, 7) is 0. The molecular formula is C48H32N2O. The zero-order valence-electron chi connectivity index (χ0n) is 27.8. The van der Waals surface area contributed by atoms with Crippen LogP contribution in [0.2, 0.25) is 0 Å². The molecule has 0 aliphatic carbocycles. The normalized spacial score (nSPS) is 11.5. The van der Waals surface area contributed by atoms with E-state index in [9.17, 15) is 0 Å². The second-order valence-corrected chi connectivity index (χ2v) is 12.9. The zero-order chi connectivity index (χ0) is 33.7. The molecule has 0 radical (unpaired) electrons. The van der Waals surface area contributed by atoms with E-state index in [2.05, 4.69) is 191 Å². The van der Waals surface area contributed by atoms with Crippen molar-refractivity contribution in [1.29, 1.82) is 0 Å². The Morgan fingerprint density at radius 1 is 0.392 bits per heavy atom. The Kier molecular flexibility index (Phi) is 6.81. The van der Waals surface area contributed by atoms with E-state index >= 15 is 0 Å². The van der Waals surface area contributed by atoms with Gasteiger partial charge in [0.15, 0.2) is 0 Å². The van der Waals surface area contributed by atoms with Gasteiger partial charge in [-0.1, -0.05) is 140 Å². The number of benzene rings is 8. The van der Waals surface area contributed by atoms with Crippen LogP contribution in [-0.4, -0.2) is 4.57 Å². The average Bonchev–Trinajstić information content (AvgIpc) is 3.75. The van der Waals surface area contributed by atoms with Crippen molar-refractivity contribution in [2.75, 3.05) is 4.90 Å². The molecule has 0 bridgehead atoms. The SMILES string of the molecule is c1ccc(-c2ccccc2N(c2cccc(-c3cccc4c3oc3ccccc34)c2)c2ccc3c4ccccc4n(-c4ccccc4)c3c2)cc1. The molecular weight excluding hydrogens is 621 g/mol. The van der Waals surface area contributed by atoms with Crippen molar-refractivity contribution < 1.29 is 4.42 Å². The first-order chi connectivity index (χ1) is 25.3. The van der Waals surface area contributed by atoms with Gasteiger partial charge in [0.1, 0.15) is 11.2 Å². The Balaban J connectivity index is 1.23. The van der Waals surface area contributed by atoms with Gasteiger partial charge in [0, 0.05) is 49.7 Å². The van der Waals surface area contributed by atoms with Crippen LogP contribution in [0.4, 0.5) is 17.1 Å². The van der Waals surface area contributed by atoms with Gasteiger partial charge in [-0.2, -0.15) is 0 Å². The molecule has 0 saturated carbocycles. The van der Waals surface area contributed by atoms with E-state index in [4.69, 9.17) is 4.42 Å². The van der Waals surface area contributed by atoms with Crippen molar-refractivity contribution >= 4 is 60.8 Å². The Morgan fingerprint density at radius 3 is 1.90 bits per heavy atom. The molecule has 0 unspecified atom stereocenters. The Hall–Kier alpha value is -6.84. The third-order valence-corrected chi connectivity index (χ3v) is 9.98. The maximum atomic E-state index is 6.50. The van der Waals surface area contributed by atoms with Gasteiger partial charge in [0.25, 0.3) is 0 Å². The molecule has 0 saturated heterocycles. The van der Waals surface area contributed by atoms with Gasteiger partial charge in [-0.05, 0) is 65.7 Å². The fourth-order valence-electron chi connectivity index (χ4n) is 7.70. The van der Waals surface area contributed by atoms with Crippen LogP contribution in [-0.2, 0) is 0 Å². The van der Waals surface area contributed by atoms with Crippen molar-refractivity contribution in [3.63, 3.8) is 0 Å². The second-order valence-electron chi connectivity index (χ2n) is 12.9. The van der Waals surface area contributed by atoms with Crippen molar-refractivity contribution in [2.45, 2.75) is 0 Å². The van der Waals surface area contributed by atoms with Crippen LogP contribution in [0.1, 0.15) is 0 Å². The van der Waals surface area contributed by atoms with Gasteiger partial charge in [0.2, 0.25) is 0 Å². The third-order valence-electron chi connectivity index (χ3n) is 9.98. The molecule has 2 heterocycles. The van der Waals surface area contributed by atoms with E-state index in [1.54, 1.807) is 0 Å². The van der Waals surface area contributed by atoms with Crippen LogP contribution in [0, 0.1) is 0 Å². The highest BCUT2D eigenvalue weighted by molar-refractivity contribution is 6.11. The molecule has 2 aromatic heterocycles. The van der Waals surface area contributed by atoms with E-state index in [0.29, 0.717) is 0 Å². The lowest BCUT2D eigenvalue weighted by atomic mass is 9.99. The molecule has 10 aromatic rings. The van der Waals surface area contributed by atoms with E-state index in [0.717, 1.165) is 66.9 Å². The molecule has 0 atom stereocenters. The number of rotatable bonds is 6. The molecule has 3 nitrogen and oxygen atoms in total. The number of para-hydroxylation sites is 5. The van der Waals surface area contributed by atoms with Crippen LogP contribution < -0.4 is 4.90 Å².